The van der Waals surface area contributed by atoms with Gasteiger partial charge in [0.15, 0.2) is 0 Å². The number of nitrogens with zero attached hydrogens (tertiary/aromatic N) is 2. The Labute approximate surface area is 217 Å². The Kier molecular flexibility index (Phi) is 8.02. The second-order valence-electron chi connectivity index (χ2n) is 10.6. The fourth-order valence-corrected chi connectivity index (χ4v) is 5.43. The highest BCUT2D eigenvalue weighted by Gasteiger charge is 2.29. The monoisotopic (exact) mass is 510 g/mol. The molecule has 200 valence electrons. The lowest BCUT2D eigenvalue weighted by atomic mass is 9.95. The number of rotatable bonds is 8. The van der Waals surface area contributed by atoms with Gasteiger partial charge in [0.25, 0.3) is 0 Å². The summed E-state index contributed by atoms with van der Waals surface area (Å²) in [7, 11) is 0. The lowest BCUT2D eigenvalue weighted by molar-refractivity contribution is 0.0116. The highest BCUT2D eigenvalue weighted by molar-refractivity contribution is 5.88. The number of benzene rings is 1. The van der Waals surface area contributed by atoms with Crippen LogP contribution in [0.25, 0.3) is 10.9 Å². The normalized spacial score (nSPS) is 22.7. The van der Waals surface area contributed by atoms with E-state index in [4.69, 9.17) is 13.9 Å². The number of fused-ring (bicyclic) bond motifs is 1. The van der Waals surface area contributed by atoms with E-state index in [1.165, 1.54) is 0 Å². The number of amides is 1. The van der Waals surface area contributed by atoms with Gasteiger partial charge in [0.2, 0.25) is 5.88 Å². The van der Waals surface area contributed by atoms with Crippen molar-refractivity contribution in [2.24, 2.45) is 5.92 Å². The zero-order chi connectivity index (χ0) is 25.8. The number of carbonyl (C=O) groups excluding carboxylic acids is 1. The van der Waals surface area contributed by atoms with Crippen LogP contribution in [0.15, 0.2) is 47.3 Å². The highest BCUT2D eigenvalue weighted by atomic mass is 16.6. The van der Waals surface area contributed by atoms with E-state index in [2.05, 4.69) is 33.9 Å². The van der Waals surface area contributed by atoms with Crippen molar-refractivity contribution in [3.8, 4) is 11.6 Å². The summed E-state index contributed by atoms with van der Waals surface area (Å²) in [5.41, 5.74) is 1.79. The van der Waals surface area contributed by atoms with Crippen molar-refractivity contribution in [2.75, 3.05) is 32.7 Å². The second-order valence-corrected chi connectivity index (χ2v) is 10.6. The number of furan rings is 1. The van der Waals surface area contributed by atoms with Gasteiger partial charge in [0.05, 0.1) is 24.1 Å². The van der Waals surface area contributed by atoms with Gasteiger partial charge >= 0.3 is 6.09 Å². The first-order valence-electron chi connectivity index (χ1n) is 13.3. The van der Waals surface area contributed by atoms with E-state index in [1.807, 2.05) is 24.3 Å². The summed E-state index contributed by atoms with van der Waals surface area (Å²) in [4.78, 5) is 20.7. The van der Waals surface area contributed by atoms with E-state index in [1.54, 1.807) is 18.6 Å². The topological polar surface area (TPSA) is 103 Å². The number of hydrogen-bond acceptors (Lipinski definition) is 7. The molecule has 9 nitrogen and oxygen atoms in total. The largest absolute Gasteiger partial charge is 0.488 e. The van der Waals surface area contributed by atoms with Crippen LogP contribution in [0.2, 0.25) is 0 Å². The van der Waals surface area contributed by atoms with Gasteiger partial charge in [0.1, 0.15) is 12.4 Å². The first-order chi connectivity index (χ1) is 17.9. The molecule has 0 unspecified atom stereocenters. The number of nitrogens with one attached hydrogen (secondary N) is 2. The molecule has 2 aromatic heterocycles. The molecular weight excluding hydrogens is 472 g/mol. The molecule has 3 atom stereocenters. The van der Waals surface area contributed by atoms with Crippen molar-refractivity contribution < 1.29 is 23.8 Å². The number of carbonyl (C=O) groups is 1. The zero-order valence-electron chi connectivity index (χ0n) is 21.7. The van der Waals surface area contributed by atoms with Gasteiger partial charge in [-0.3, -0.25) is 4.90 Å². The predicted molar refractivity (Wildman–Crippen MR) is 141 cm³/mol. The van der Waals surface area contributed by atoms with Crippen molar-refractivity contribution in [1.29, 1.82) is 0 Å². The maximum atomic E-state index is 12.6. The van der Waals surface area contributed by atoms with E-state index in [0.29, 0.717) is 30.2 Å². The van der Waals surface area contributed by atoms with Crippen LogP contribution in [0.1, 0.15) is 38.7 Å². The smallest absolute Gasteiger partial charge is 0.414 e. The SMILES string of the molecule is C[C@H]1CN([C@@H](C)CN2CCC(NC(=O)Oc3cc4c(OCc5ccoc5)cccc4[nH]3)CC2)CC[C@@H]1O. The average Bonchev–Trinajstić information content (AvgIpc) is 3.55. The Morgan fingerprint density at radius 3 is 2.84 bits per heavy atom. The van der Waals surface area contributed by atoms with Gasteiger partial charge in [-0.15, -0.1) is 0 Å². The molecule has 2 saturated heterocycles. The lowest BCUT2D eigenvalue weighted by Crippen LogP contribution is -2.52. The van der Waals surface area contributed by atoms with Gasteiger partial charge in [-0.25, -0.2) is 4.79 Å². The minimum atomic E-state index is -0.444. The van der Waals surface area contributed by atoms with E-state index < -0.39 is 6.09 Å². The van der Waals surface area contributed by atoms with Crippen LogP contribution >= 0.6 is 0 Å². The molecule has 0 aliphatic carbocycles. The number of aliphatic hydroxyl groups is 1. The molecule has 2 aliphatic rings. The van der Waals surface area contributed by atoms with Gasteiger partial charge in [-0.2, -0.15) is 0 Å². The summed E-state index contributed by atoms with van der Waals surface area (Å²) in [5.74, 6) is 1.43. The van der Waals surface area contributed by atoms with Crippen molar-refractivity contribution in [3.63, 3.8) is 0 Å². The summed E-state index contributed by atoms with van der Waals surface area (Å²) >= 11 is 0. The van der Waals surface area contributed by atoms with Crippen LogP contribution in [0.3, 0.4) is 0 Å². The molecule has 0 spiro atoms. The second kappa shape index (κ2) is 11.6. The Hall–Kier alpha value is -3.01. The standard InChI is InChI=1S/C28H38N4O5/c1-19-15-32(12-8-25(19)33)20(2)16-31-10-6-22(7-11-31)29-28(34)37-27-14-23-24(30-27)4-3-5-26(23)36-18-21-9-13-35-17-21/h3-5,9,13-14,17,19-20,22,25,30,33H,6-8,10-12,15-16,18H2,1-2H3,(H,29,34)/t19-,20-,25-/m0/s1. The molecule has 3 N–H and O–H groups in total. The minimum Gasteiger partial charge on any atom is -0.488 e. The Bertz CT molecular complexity index is 1150. The number of hydrogen-bond donors (Lipinski definition) is 3. The maximum Gasteiger partial charge on any atom is 0.414 e. The van der Waals surface area contributed by atoms with E-state index >= 15 is 0 Å². The molecule has 2 aliphatic heterocycles. The quantitative estimate of drug-likeness (QED) is 0.421. The molecule has 3 aromatic rings. The molecule has 0 bridgehead atoms. The molecule has 0 radical (unpaired) electrons. The third-order valence-electron chi connectivity index (χ3n) is 7.72. The molecule has 2 fully saturated rings. The first kappa shape index (κ1) is 25.6. The van der Waals surface area contributed by atoms with E-state index in [-0.39, 0.29) is 12.1 Å². The van der Waals surface area contributed by atoms with Crippen LogP contribution in [-0.2, 0) is 6.61 Å². The van der Waals surface area contributed by atoms with Crippen LogP contribution in [-0.4, -0.2) is 76.9 Å². The zero-order valence-corrected chi connectivity index (χ0v) is 21.7. The van der Waals surface area contributed by atoms with Gasteiger partial charge < -0.3 is 34.2 Å². The number of aromatic amines is 1. The number of aliphatic hydroxyl groups excluding tert-OH is 1. The minimum absolute atomic E-state index is 0.0995. The van der Waals surface area contributed by atoms with Gasteiger partial charge in [0, 0.05) is 61.8 Å². The fourth-order valence-electron chi connectivity index (χ4n) is 5.43. The lowest BCUT2D eigenvalue weighted by Gasteiger charge is -2.41. The number of likely N-dealkylation sites (tertiary alicyclic amines) is 2. The van der Waals surface area contributed by atoms with Crippen molar-refractivity contribution in [2.45, 2.75) is 57.9 Å². The summed E-state index contributed by atoms with van der Waals surface area (Å²) in [5, 5.41) is 13.9. The molecule has 0 saturated carbocycles. The first-order valence-corrected chi connectivity index (χ1v) is 13.3. The molecule has 1 amide bonds. The Balaban J connectivity index is 1.07. The molecule has 4 heterocycles. The van der Waals surface area contributed by atoms with Crippen LogP contribution in [0.5, 0.6) is 11.6 Å². The van der Waals surface area contributed by atoms with Gasteiger partial charge in [-0.05, 0) is 50.3 Å². The number of ether oxygens (including phenoxy) is 2. The predicted octanol–water partition coefficient (Wildman–Crippen LogP) is 3.98. The van der Waals surface area contributed by atoms with E-state index in [0.717, 1.165) is 68.5 Å². The molecule has 1 aromatic carbocycles. The highest BCUT2D eigenvalue weighted by Crippen LogP contribution is 2.30. The molecule has 5 rings (SSSR count). The number of aromatic nitrogens is 1. The molecule has 37 heavy (non-hydrogen) atoms. The van der Waals surface area contributed by atoms with Crippen LogP contribution in [0, 0.1) is 5.92 Å². The summed E-state index contributed by atoms with van der Waals surface area (Å²) in [6.45, 7) is 9.64. The third-order valence-corrected chi connectivity index (χ3v) is 7.72. The molecular formula is C28H38N4O5. The summed E-state index contributed by atoms with van der Waals surface area (Å²) in [6.07, 6.45) is 5.31. The van der Waals surface area contributed by atoms with Crippen LogP contribution < -0.4 is 14.8 Å². The van der Waals surface area contributed by atoms with Crippen molar-refractivity contribution in [1.82, 2.24) is 20.1 Å². The molecule has 9 heteroatoms. The summed E-state index contributed by atoms with van der Waals surface area (Å²) in [6, 6.07) is 9.93. The van der Waals surface area contributed by atoms with E-state index in [9.17, 15) is 9.90 Å². The Morgan fingerprint density at radius 2 is 2.08 bits per heavy atom. The number of H-pyrrole nitrogens is 1. The van der Waals surface area contributed by atoms with Crippen molar-refractivity contribution >= 4 is 17.0 Å². The van der Waals surface area contributed by atoms with Crippen LogP contribution in [0.4, 0.5) is 4.79 Å². The number of piperidine rings is 2. The van der Waals surface area contributed by atoms with Gasteiger partial charge in [-0.1, -0.05) is 13.0 Å². The van der Waals surface area contributed by atoms with Crippen molar-refractivity contribution in [3.05, 3.63) is 48.4 Å². The maximum absolute atomic E-state index is 12.6. The third kappa shape index (κ3) is 6.47. The summed E-state index contributed by atoms with van der Waals surface area (Å²) < 4.78 is 16.6. The average molecular weight is 511 g/mol. The fraction of sp³-hybridized carbons (Fsp3) is 0.536. The Morgan fingerprint density at radius 1 is 1.24 bits per heavy atom.